The Bertz CT molecular complexity index is 422. The van der Waals surface area contributed by atoms with Crippen molar-refractivity contribution in [2.24, 2.45) is 0 Å². The maximum atomic E-state index is 5.97. The van der Waals surface area contributed by atoms with Gasteiger partial charge in [0.2, 0.25) is 0 Å². The summed E-state index contributed by atoms with van der Waals surface area (Å²) in [6, 6.07) is 4.03. The molecule has 1 heterocycles. The average molecular weight is 295 g/mol. The fourth-order valence-corrected chi connectivity index (χ4v) is 2.61. The summed E-state index contributed by atoms with van der Waals surface area (Å²) >= 11 is 0. The Balaban J connectivity index is 1.75. The van der Waals surface area contributed by atoms with Gasteiger partial charge in [-0.1, -0.05) is 0 Å². The molecule has 1 aliphatic rings. The zero-order chi connectivity index (χ0) is 15.3. The van der Waals surface area contributed by atoms with Crippen LogP contribution in [0.1, 0.15) is 58.0 Å². The van der Waals surface area contributed by atoms with Crippen LogP contribution in [0.15, 0.2) is 16.5 Å². The summed E-state index contributed by atoms with van der Waals surface area (Å²) in [5, 5.41) is 3.42. The Morgan fingerprint density at radius 3 is 2.62 bits per heavy atom. The zero-order valence-electron chi connectivity index (χ0n) is 13.8. The summed E-state index contributed by atoms with van der Waals surface area (Å²) in [6.45, 7) is 7.75. The van der Waals surface area contributed by atoms with Gasteiger partial charge in [-0.3, -0.25) is 0 Å². The van der Waals surface area contributed by atoms with E-state index in [1.165, 1.54) is 6.42 Å². The molecule has 1 aromatic rings. The Kier molecular flexibility index (Phi) is 5.85. The van der Waals surface area contributed by atoms with E-state index in [0.717, 1.165) is 37.3 Å². The van der Waals surface area contributed by atoms with Gasteiger partial charge in [-0.05, 0) is 58.6 Å². The molecule has 1 N–H and O–H groups in total. The highest BCUT2D eigenvalue weighted by molar-refractivity contribution is 5.06. The first-order valence-corrected chi connectivity index (χ1v) is 7.93. The highest BCUT2D eigenvalue weighted by Gasteiger charge is 2.22. The van der Waals surface area contributed by atoms with E-state index in [1.54, 1.807) is 7.11 Å². The van der Waals surface area contributed by atoms with Gasteiger partial charge in [0.25, 0.3) is 0 Å². The van der Waals surface area contributed by atoms with Crippen LogP contribution in [0.25, 0.3) is 0 Å². The minimum atomic E-state index is 0.0979. The third-order valence-electron chi connectivity index (χ3n) is 3.88. The molecular formula is C17H29NO3. The molecule has 4 nitrogen and oxygen atoms in total. The summed E-state index contributed by atoms with van der Waals surface area (Å²) in [5.41, 5.74) is 0.0979. The smallest absolute Gasteiger partial charge is 0.129 e. The molecule has 0 aromatic carbocycles. The minimum absolute atomic E-state index is 0.0979. The number of hydrogen-bond acceptors (Lipinski definition) is 4. The standard InChI is InChI=1S/C17H29NO3/c1-17(2,3)18-11-15-8-9-16(21-15)12-20-14-7-5-6-13(10-14)19-4/h8-9,13-14,18H,5-7,10-12H2,1-4H3. The Labute approximate surface area is 128 Å². The number of nitrogens with one attached hydrogen (secondary N) is 1. The molecule has 0 radical (unpaired) electrons. The fraction of sp³-hybridized carbons (Fsp3) is 0.765. The molecule has 0 bridgehead atoms. The topological polar surface area (TPSA) is 43.6 Å². The quantitative estimate of drug-likeness (QED) is 0.870. The van der Waals surface area contributed by atoms with E-state index in [0.29, 0.717) is 18.8 Å². The number of furan rings is 1. The van der Waals surface area contributed by atoms with Gasteiger partial charge in [0.05, 0.1) is 18.8 Å². The van der Waals surface area contributed by atoms with Crippen molar-refractivity contribution in [1.82, 2.24) is 5.32 Å². The summed E-state index contributed by atoms with van der Waals surface area (Å²) in [5.74, 6) is 1.86. The largest absolute Gasteiger partial charge is 0.462 e. The minimum Gasteiger partial charge on any atom is -0.462 e. The van der Waals surface area contributed by atoms with E-state index >= 15 is 0 Å². The summed E-state index contributed by atoms with van der Waals surface area (Å²) in [4.78, 5) is 0. The molecule has 1 fully saturated rings. The van der Waals surface area contributed by atoms with Crippen molar-refractivity contribution in [3.05, 3.63) is 23.7 Å². The third-order valence-corrected chi connectivity index (χ3v) is 3.88. The lowest BCUT2D eigenvalue weighted by atomic mass is 9.95. The number of ether oxygens (including phenoxy) is 2. The fourth-order valence-electron chi connectivity index (χ4n) is 2.61. The van der Waals surface area contributed by atoms with Gasteiger partial charge in [0.1, 0.15) is 18.1 Å². The van der Waals surface area contributed by atoms with E-state index in [9.17, 15) is 0 Å². The molecule has 120 valence electrons. The zero-order valence-corrected chi connectivity index (χ0v) is 13.8. The van der Waals surface area contributed by atoms with Crippen LogP contribution in [-0.2, 0) is 22.6 Å². The second-order valence-electron chi connectivity index (χ2n) is 6.93. The van der Waals surface area contributed by atoms with Gasteiger partial charge in [-0.25, -0.2) is 0 Å². The SMILES string of the molecule is COC1CCCC(OCc2ccc(CNC(C)(C)C)o2)C1. The molecule has 2 atom stereocenters. The van der Waals surface area contributed by atoms with Crippen LogP contribution in [0.2, 0.25) is 0 Å². The van der Waals surface area contributed by atoms with Crippen LogP contribution in [0.4, 0.5) is 0 Å². The second kappa shape index (κ2) is 7.43. The summed E-state index contributed by atoms with van der Waals surface area (Å²) < 4.78 is 17.2. The van der Waals surface area contributed by atoms with E-state index in [1.807, 2.05) is 12.1 Å². The van der Waals surface area contributed by atoms with Crippen LogP contribution in [-0.4, -0.2) is 24.9 Å². The molecule has 0 amide bonds. The van der Waals surface area contributed by atoms with Crippen LogP contribution in [0, 0.1) is 0 Å². The van der Waals surface area contributed by atoms with Gasteiger partial charge >= 0.3 is 0 Å². The first-order valence-electron chi connectivity index (χ1n) is 7.93. The number of rotatable bonds is 6. The van der Waals surface area contributed by atoms with Gasteiger partial charge in [-0.15, -0.1) is 0 Å². The van der Waals surface area contributed by atoms with Crippen molar-refractivity contribution >= 4 is 0 Å². The van der Waals surface area contributed by atoms with Gasteiger partial charge in [0.15, 0.2) is 0 Å². The molecule has 21 heavy (non-hydrogen) atoms. The molecule has 4 heteroatoms. The van der Waals surface area contributed by atoms with Crippen LogP contribution < -0.4 is 5.32 Å². The lowest BCUT2D eigenvalue weighted by molar-refractivity contribution is -0.0407. The Hall–Kier alpha value is -0.840. The summed E-state index contributed by atoms with van der Waals surface area (Å²) in [6.07, 6.45) is 5.10. The van der Waals surface area contributed by atoms with E-state index in [2.05, 4.69) is 26.1 Å². The predicted molar refractivity (Wildman–Crippen MR) is 83.1 cm³/mol. The van der Waals surface area contributed by atoms with E-state index in [-0.39, 0.29) is 5.54 Å². The average Bonchev–Trinajstić information content (AvgIpc) is 2.90. The van der Waals surface area contributed by atoms with Crippen LogP contribution in [0.5, 0.6) is 0 Å². The molecular weight excluding hydrogens is 266 g/mol. The Morgan fingerprint density at radius 2 is 1.90 bits per heavy atom. The van der Waals surface area contributed by atoms with Gasteiger partial charge in [-0.2, -0.15) is 0 Å². The van der Waals surface area contributed by atoms with Crippen LogP contribution >= 0.6 is 0 Å². The van der Waals surface area contributed by atoms with Crippen molar-refractivity contribution in [2.75, 3.05) is 7.11 Å². The van der Waals surface area contributed by atoms with Crippen molar-refractivity contribution in [3.8, 4) is 0 Å². The normalized spacial score (nSPS) is 23.4. The highest BCUT2D eigenvalue weighted by Crippen LogP contribution is 2.24. The lowest BCUT2D eigenvalue weighted by Crippen LogP contribution is -2.34. The predicted octanol–water partition coefficient (Wildman–Crippen LogP) is 3.64. The maximum Gasteiger partial charge on any atom is 0.129 e. The van der Waals surface area contributed by atoms with Crippen molar-refractivity contribution in [1.29, 1.82) is 0 Å². The Morgan fingerprint density at radius 1 is 1.19 bits per heavy atom. The highest BCUT2D eigenvalue weighted by atomic mass is 16.5. The lowest BCUT2D eigenvalue weighted by Gasteiger charge is -2.27. The van der Waals surface area contributed by atoms with Crippen molar-refractivity contribution in [2.45, 2.75) is 77.4 Å². The first-order chi connectivity index (χ1) is 9.96. The maximum absolute atomic E-state index is 5.97. The van der Waals surface area contributed by atoms with E-state index in [4.69, 9.17) is 13.9 Å². The van der Waals surface area contributed by atoms with Crippen molar-refractivity contribution in [3.63, 3.8) is 0 Å². The molecule has 0 spiro atoms. The molecule has 1 aromatic heterocycles. The third kappa shape index (κ3) is 5.81. The van der Waals surface area contributed by atoms with Crippen molar-refractivity contribution < 1.29 is 13.9 Å². The first kappa shape index (κ1) is 16.5. The molecule has 2 unspecified atom stereocenters. The van der Waals surface area contributed by atoms with Gasteiger partial charge < -0.3 is 19.2 Å². The van der Waals surface area contributed by atoms with Gasteiger partial charge in [0, 0.05) is 12.6 Å². The number of hydrogen-bond donors (Lipinski definition) is 1. The molecule has 0 aliphatic heterocycles. The monoisotopic (exact) mass is 295 g/mol. The molecule has 0 saturated heterocycles. The van der Waals surface area contributed by atoms with Crippen LogP contribution in [0.3, 0.4) is 0 Å². The summed E-state index contributed by atoms with van der Waals surface area (Å²) in [7, 11) is 1.79. The number of methoxy groups -OCH3 is 1. The van der Waals surface area contributed by atoms with E-state index < -0.39 is 0 Å². The molecule has 2 rings (SSSR count). The molecule has 1 aliphatic carbocycles. The second-order valence-corrected chi connectivity index (χ2v) is 6.93. The molecule has 1 saturated carbocycles.